The van der Waals surface area contributed by atoms with E-state index in [-0.39, 0.29) is 12.1 Å². The zero-order chi connectivity index (χ0) is 23.8. The van der Waals surface area contributed by atoms with Crippen LogP contribution in [-0.2, 0) is 0 Å². The second kappa shape index (κ2) is 11.2. The lowest BCUT2D eigenvalue weighted by atomic mass is 10.1. The van der Waals surface area contributed by atoms with Gasteiger partial charge in [0.2, 0.25) is 0 Å². The van der Waals surface area contributed by atoms with Gasteiger partial charge in [-0.25, -0.2) is 9.59 Å². The van der Waals surface area contributed by atoms with Gasteiger partial charge in [0.1, 0.15) is 0 Å². The van der Waals surface area contributed by atoms with Crippen LogP contribution in [0.5, 0.6) is 0 Å². The smallest absolute Gasteiger partial charge is 0.319 e. The maximum absolute atomic E-state index is 12.4. The molecule has 6 heteroatoms. The van der Waals surface area contributed by atoms with Gasteiger partial charge in [-0.15, -0.1) is 0 Å². The summed E-state index contributed by atoms with van der Waals surface area (Å²) in [5, 5.41) is 15.9. The molecule has 0 fully saturated rings. The van der Waals surface area contributed by atoms with Crippen molar-refractivity contribution in [2.45, 2.75) is 19.8 Å². The molecule has 1 atom stereocenters. The summed E-state index contributed by atoms with van der Waals surface area (Å²) < 4.78 is 0. The van der Waals surface area contributed by atoms with E-state index in [1.165, 1.54) is 0 Å². The number of hydrogen-bond acceptors (Lipinski definition) is 2. The Kier molecular flexibility index (Phi) is 7.60. The Balaban J connectivity index is 1.15. The molecule has 4 rings (SSSR count). The van der Waals surface area contributed by atoms with Crippen LogP contribution >= 0.6 is 0 Å². The van der Waals surface area contributed by atoms with Crippen LogP contribution < -0.4 is 21.3 Å². The number of anilines is 2. The lowest BCUT2D eigenvalue weighted by Gasteiger charge is -2.15. The number of nitrogens with one attached hydrogen (secondary N) is 4. The molecule has 0 aliphatic rings. The zero-order valence-corrected chi connectivity index (χ0v) is 19.3. The Labute approximate surface area is 199 Å². The summed E-state index contributed by atoms with van der Waals surface area (Å²) in [6.45, 7) is 3.23. The third-order valence-electron chi connectivity index (χ3n) is 5.85. The lowest BCUT2D eigenvalue weighted by molar-refractivity contribution is 0.250. The van der Waals surface area contributed by atoms with E-state index < -0.39 is 0 Å². The topological polar surface area (TPSA) is 82.3 Å². The molecule has 34 heavy (non-hydrogen) atoms. The average Bonchev–Trinajstić information content (AvgIpc) is 2.86. The minimum absolute atomic E-state index is 0.211. The Hall–Kier alpha value is -4.06. The van der Waals surface area contributed by atoms with E-state index in [0.29, 0.717) is 19.0 Å². The number of amides is 4. The Morgan fingerprint density at radius 2 is 1.18 bits per heavy atom. The molecule has 4 aromatic carbocycles. The molecule has 0 radical (unpaired) electrons. The highest BCUT2D eigenvalue weighted by Gasteiger charge is 2.09. The van der Waals surface area contributed by atoms with E-state index in [0.717, 1.165) is 45.8 Å². The van der Waals surface area contributed by atoms with E-state index in [1.54, 1.807) is 0 Å². The van der Waals surface area contributed by atoms with Crippen molar-refractivity contribution in [3.8, 4) is 0 Å². The van der Waals surface area contributed by atoms with Crippen molar-refractivity contribution in [1.82, 2.24) is 10.6 Å². The molecule has 174 valence electrons. The number of rotatable bonds is 8. The summed E-state index contributed by atoms with van der Waals surface area (Å²) in [6.07, 6.45) is 1.72. The van der Waals surface area contributed by atoms with Crippen molar-refractivity contribution >= 4 is 45.0 Å². The molecule has 4 N–H and O–H groups in total. The molecule has 0 aliphatic heterocycles. The van der Waals surface area contributed by atoms with Crippen LogP contribution in [-0.4, -0.2) is 25.2 Å². The molecule has 0 saturated carbocycles. The maximum atomic E-state index is 12.4. The highest BCUT2D eigenvalue weighted by atomic mass is 16.2. The van der Waals surface area contributed by atoms with Crippen LogP contribution in [0.1, 0.15) is 19.8 Å². The van der Waals surface area contributed by atoms with Crippen molar-refractivity contribution in [2.24, 2.45) is 5.92 Å². The summed E-state index contributed by atoms with van der Waals surface area (Å²) in [5.74, 6) is 0.293. The van der Waals surface area contributed by atoms with Gasteiger partial charge in [-0.2, -0.15) is 0 Å². The van der Waals surface area contributed by atoms with Gasteiger partial charge in [0.15, 0.2) is 0 Å². The van der Waals surface area contributed by atoms with Crippen LogP contribution in [0.4, 0.5) is 21.0 Å². The quantitative estimate of drug-likeness (QED) is 0.234. The van der Waals surface area contributed by atoms with Crippen molar-refractivity contribution in [3.05, 3.63) is 84.9 Å². The van der Waals surface area contributed by atoms with E-state index >= 15 is 0 Å². The van der Waals surface area contributed by atoms with Crippen molar-refractivity contribution in [3.63, 3.8) is 0 Å². The highest BCUT2D eigenvalue weighted by molar-refractivity contribution is 6.02. The van der Waals surface area contributed by atoms with Crippen LogP contribution in [0.15, 0.2) is 84.9 Å². The normalized spacial score (nSPS) is 11.7. The molecule has 0 unspecified atom stereocenters. The lowest BCUT2D eigenvalue weighted by Crippen LogP contribution is -2.33. The molecule has 4 amide bonds. The maximum Gasteiger partial charge on any atom is 0.319 e. The van der Waals surface area contributed by atoms with Gasteiger partial charge in [0.05, 0.1) is 11.4 Å². The summed E-state index contributed by atoms with van der Waals surface area (Å²) in [7, 11) is 0. The van der Waals surface area contributed by atoms with Crippen molar-refractivity contribution in [1.29, 1.82) is 0 Å². The minimum atomic E-state index is -0.212. The molecular weight excluding hydrogens is 424 g/mol. The third-order valence-corrected chi connectivity index (χ3v) is 5.85. The summed E-state index contributed by atoms with van der Waals surface area (Å²) in [5.41, 5.74) is 1.59. The third kappa shape index (κ3) is 6.04. The number of hydrogen-bond donors (Lipinski definition) is 4. The van der Waals surface area contributed by atoms with E-state index in [4.69, 9.17) is 0 Å². The summed E-state index contributed by atoms with van der Waals surface area (Å²) >= 11 is 0. The Morgan fingerprint density at radius 1 is 0.676 bits per heavy atom. The molecule has 0 aromatic heterocycles. The first-order valence-electron chi connectivity index (χ1n) is 11.7. The van der Waals surface area contributed by atoms with Gasteiger partial charge < -0.3 is 21.3 Å². The molecule has 0 aliphatic carbocycles. The van der Waals surface area contributed by atoms with E-state index in [9.17, 15) is 9.59 Å². The van der Waals surface area contributed by atoms with Gasteiger partial charge in [-0.05, 0) is 41.7 Å². The molecule has 6 nitrogen and oxygen atoms in total. The second-order valence-corrected chi connectivity index (χ2v) is 8.52. The molecule has 0 bridgehead atoms. The van der Waals surface area contributed by atoms with Gasteiger partial charge in [0.25, 0.3) is 0 Å². The van der Waals surface area contributed by atoms with Crippen LogP contribution in [0.2, 0.25) is 0 Å². The van der Waals surface area contributed by atoms with Gasteiger partial charge >= 0.3 is 12.1 Å². The van der Waals surface area contributed by atoms with Crippen molar-refractivity contribution in [2.75, 3.05) is 23.7 Å². The standard InChI is InChI=1S/C28H30N4O2/c1-20(19-30-28(34)32-26-17-7-13-22-11-3-5-15-24(22)26)9-8-18-29-27(33)31-25-16-6-12-21-10-2-4-14-23(21)25/h2-7,10-17,20H,8-9,18-19H2,1H3,(H2,29,31,33)(H2,30,32,34)/t20-/m1/s1. The molecule has 0 heterocycles. The second-order valence-electron chi connectivity index (χ2n) is 8.52. The van der Waals surface area contributed by atoms with Gasteiger partial charge in [0, 0.05) is 23.9 Å². The first-order chi connectivity index (χ1) is 16.6. The molecule has 0 spiro atoms. The number of carbonyl (C=O) groups is 2. The summed E-state index contributed by atoms with van der Waals surface area (Å²) in [6, 6.07) is 27.2. The highest BCUT2D eigenvalue weighted by Crippen LogP contribution is 2.23. The van der Waals surface area contributed by atoms with Crippen LogP contribution in [0.3, 0.4) is 0 Å². The predicted molar refractivity (Wildman–Crippen MR) is 140 cm³/mol. The average molecular weight is 455 g/mol. The largest absolute Gasteiger partial charge is 0.338 e. The molecule has 0 saturated heterocycles. The van der Waals surface area contributed by atoms with Crippen molar-refractivity contribution < 1.29 is 9.59 Å². The fraction of sp³-hybridized carbons (Fsp3) is 0.214. The van der Waals surface area contributed by atoms with Gasteiger partial charge in [-0.3, -0.25) is 0 Å². The van der Waals surface area contributed by atoms with E-state index in [1.807, 2.05) is 84.9 Å². The summed E-state index contributed by atoms with van der Waals surface area (Å²) in [4.78, 5) is 24.7. The fourth-order valence-corrected chi connectivity index (χ4v) is 4.02. The predicted octanol–water partition coefficient (Wildman–Crippen LogP) is 6.35. The fourth-order valence-electron chi connectivity index (χ4n) is 4.02. The Morgan fingerprint density at radius 3 is 1.76 bits per heavy atom. The van der Waals surface area contributed by atoms with Crippen LogP contribution in [0.25, 0.3) is 21.5 Å². The minimum Gasteiger partial charge on any atom is -0.338 e. The Bertz CT molecular complexity index is 1280. The zero-order valence-electron chi connectivity index (χ0n) is 19.3. The monoisotopic (exact) mass is 454 g/mol. The SMILES string of the molecule is C[C@H](CCCNC(=O)Nc1cccc2ccccc12)CNC(=O)Nc1cccc2ccccc12. The first kappa shape index (κ1) is 23.1. The number of benzene rings is 4. The number of urea groups is 2. The molecule has 4 aromatic rings. The van der Waals surface area contributed by atoms with Gasteiger partial charge in [-0.1, -0.05) is 79.7 Å². The van der Waals surface area contributed by atoms with Crippen LogP contribution in [0, 0.1) is 5.92 Å². The first-order valence-corrected chi connectivity index (χ1v) is 11.7. The molecular formula is C28H30N4O2. The van der Waals surface area contributed by atoms with E-state index in [2.05, 4.69) is 28.2 Å². The number of carbonyl (C=O) groups excluding carboxylic acids is 2. The number of fused-ring (bicyclic) bond motifs is 2.